The van der Waals surface area contributed by atoms with Gasteiger partial charge in [0.05, 0.1) is 23.4 Å². The van der Waals surface area contributed by atoms with Crippen molar-refractivity contribution in [2.24, 2.45) is 0 Å². The summed E-state index contributed by atoms with van der Waals surface area (Å²) >= 11 is 5.68. The molecule has 0 radical (unpaired) electrons. The second-order valence-electron chi connectivity index (χ2n) is 2.58. The summed E-state index contributed by atoms with van der Waals surface area (Å²) < 4.78 is 1.84. The van der Waals surface area contributed by atoms with Crippen LogP contribution in [0.1, 0.15) is 0 Å². The van der Waals surface area contributed by atoms with E-state index in [1.165, 1.54) is 0 Å². The largest absolute Gasteiger partial charge is 0.399 e. The van der Waals surface area contributed by atoms with Gasteiger partial charge in [-0.1, -0.05) is 0 Å². The summed E-state index contributed by atoms with van der Waals surface area (Å²) in [6, 6.07) is 5.98. The molecule has 0 spiro atoms. The van der Waals surface area contributed by atoms with Crippen LogP contribution in [0.15, 0.2) is 24.5 Å². The maximum Gasteiger partial charge on any atom is 0.0986 e. The number of imidazole rings is 1. The summed E-state index contributed by atoms with van der Waals surface area (Å²) in [6.07, 6.45) is 1.71. The number of hydrogen-bond acceptors (Lipinski definition) is 2. The third-order valence-electron chi connectivity index (χ3n) is 1.77. The lowest BCUT2D eigenvalue weighted by Crippen LogP contribution is -1.90. The molecule has 0 amide bonds. The van der Waals surface area contributed by atoms with E-state index in [4.69, 9.17) is 17.3 Å². The van der Waals surface area contributed by atoms with E-state index >= 15 is 0 Å². The average Bonchev–Trinajstić information content (AvgIpc) is 2.46. The van der Waals surface area contributed by atoms with E-state index in [9.17, 15) is 0 Å². The van der Waals surface area contributed by atoms with Gasteiger partial charge in [-0.15, -0.1) is 11.6 Å². The summed E-state index contributed by atoms with van der Waals surface area (Å²) in [6.45, 7) is 0. The van der Waals surface area contributed by atoms with Crippen molar-refractivity contribution in [3.63, 3.8) is 0 Å². The van der Waals surface area contributed by atoms with Crippen LogP contribution in [0.25, 0.3) is 11.0 Å². The maximum absolute atomic E-state index is 5.68. The zero-order valence-electron chi connectivity index (χ0n) is 6.37. The number of benzene rings is 1. The molecule has 0 unspecified atom stereocenters. The number of nitrogens with zero attached hydrogens (tertiary/aromatic N) is 2. The summed E-state index contributed by atoms with van der Waals surface area (Å²) in [5, 5.41) is 0. The molecule has 0 saturated carbocycles. The summed E-state index contributed by atoms with van der Waals surface area (Å²) in [5.74, 6) is 0. The van der Waals surface area contributed by atoms with Crippen molar-refractivity contribution in [3.05, 3.63) is 24.5 Å². The number of anilines is 1. The van der Waals surface area contributed by atoms with Crippen molar-refractivity contribution in [1.29, 1.82) is 0 Å². The Labute approximate surface area is 74.8 Å². The van der Waals surface area contributed by atoms with E-state index in [-0.39, 0.29) is 0 Å². The van der Waals surface area contributed by atoms with Crippen LogP contribution in [0.3, 0.4) is 0 Å². The highest BCUT2D eigenvalue weighted by Gasteiger charge is 2.00. The number of aromatic nitrogens is 2. The predicted molar refractivity (Wildman–Crippen MR) is 50.0 cm³/mol. The molecule has 1 heterocycles. The Morgan fingerprint density at radius 1 is 1.50 bits per heavy atom. The first kappa shape index (κ1) is 7.43. The summed E-state index contributed by atoms with van der Waals surface area (Å²) in [5.41, 5.74) is 8.25. The molecule has 2 N–H and O–H groups in total. The number of nitrogen functional groups attached to an aromatic ring is 1. The van der Waals surface area contributed by atoms with Gasteiger partial charge >= 0.3 is 0 Å². The minimum atomic E-state index is 0.403. The van der Waals surface area contributed by atoms with E-state index in [1.807, 2.05) is 22.8 Å². The second-order valence-corrected chi connectivity index (χ2v) is 2.82. The molecule has 12 heavy (non-hydrogen) atoms. The second kappa shape index (κ2) is 2.68. The first-order valence-corrected chi connectivity index (χ1v) is 4.11. The topological polar surface area (TPSA) is 43.8 Å². The molecule has 0 bridgehead atoms. The minimum absolute atomic E-state index is 0.403. The van der Waals surface area contributed by atoms with Gasteiger partial charge in [-0.25, -0.2) is 4.98 Å². The highest BCUT2D eigenvalue weighted by molar-refractivity contribution is 6.15. The molecule has 2 rings (SSSR count). The maximum atomic E-state index is 5.68. The third-order valence-corrected chi connectivity index (χ3v) is 2.03. The van der Waals surface area contributed by atoms with Crippen LogP contribution in [0.4, 0.5) is 5.69 Å². The van der Waals surface area contributed by atoms with Crippen LogP contribution >= 0.6 is 11.6 Å². The number of nitrogens with two attached hydrogens (primary N) is 1. The van der Waals surface area contributed by atoms with Crippen molar-refractivity contribution in [2.75, 3.05) is 5.73 Å². The lowest BCUT2D eigenvalue weighted by atomic mass is 10.3. The van der Waals surface area contributed by atoms with Crippen molar-refractivity contribution in [2.45, 2.75) is 6.00 Å². The van der Waals surface area contributed by atoms with Gasteiger partial charge in [0.25, 0.3) is 0 Å². The molecule has 62 valence electrons. The van der Waals surface area contributed by atoms with Crippen LogP contribution in [-0.2, 0) is 6.00 Å². The van der Waals surface area contributed by atoms with Crippen molar-refractivity contribution in [1.82, 2.24) is 9.55 Å². The Kier molecular flexibility index (Phi) is 1.66. The fourth-order valence-corrected chi connectivity index (χ4v) is 1.36. The van der Waals surface area contributed by atoms with Crippen LogP contribution in [0.2, 0.25) is 0 Å². The molecular weight excluding hydrogens is 174 g/mol. The van der Waals surface area contributed by atoms with Crippen LogP contribution in [-0.4, -0.2) is 9.55 Å². The van der Waals surface area contributed by atoms with Gasteiger partial charge in [0.15, 0.2) is 0 Å². The normalized spacial score (nSPS) is 10.8. The Hall–Kier alpha value is -1.22. The molecule has 3 nitrogen and oxygen atoms in total. The van der Waals surface area contributed by atoms with Crippen molar-refractivity contribution in [3.8, 4) is 0 Å². The van der Waals surface area contributed by atoms with Crippen molar-refractivity contribution >= 4 is 28.3 Å². The SMILES string of the molecule is Nc1ccc2ncn(CCl)c2c1. The molecule has 1 aromatic carbocycles. The smallest absolute Gasteiger partial charge is 0.0986 e. The standard InChI is InChI=1S/C8H8ClN3/c9-4-12-5-11-7-2-1-6(10)3-8(7)12/h1-3,5H,4,10H2. The quantitative estimate of drug-likeness (QED) is 0.539. The van der Waals surface area contributed by atoms with Gasteiger partial charge in [0.1, 0.15) is 0 Å². The number of halogens is 1. The minimum Gasteiger partial charge on any atom is -0.399 e. The van der Waals surface area contributed by atoms with Gasteiger partial charge < -0.3 is 10.3 Å². The zero-order valence-corrected chi connectivity index (χ0v) is 7.12. The van der Waals surface area contributed by atoms with E-state index in [2.05, 4.69) is 4.98 Å². The zero-order chi connectivity index (χ0) is 8.55. The first-order valence-electron chi connectivity index (χ1n) is 3.57. The van der Waals surface area contributed by atoms with Gasteiger partial charge in [-0.2, -0.15) is 0 Å². The Morgan fingerprint density at radius 2 is 2.33 bits per heavy atom. The van der Waals surface area contributed by atoms with Gasteiger partial charge in [0, 0.05) is 5.69 Å². The summed E-state index contributed by atoms with van der Waals surface area (Å²) in [4.78, 5) is 4.15. The van der Waals surface area contributed by atoms with Crippen LogP contribution in [0.5, 0.6) is 0 Å². The number of fused-ring (bicyclic) bond motifs is 1. The van der Waals surface area contributed by atoms with Gasteiger partial charge in [-0.3, -0.25) is 0 Å². The fraction of sp³-hybridized carbons (Fsp3) is 0.125. The molecule has 0 saturated heterocycles. The lowest BCUT2D eigenvalue weighted by molar-refractivity contribution is 0.914. The lowest BCUT2D eigenvalue weighted by Gasteiger charge is -1.97. The number of alkyl halides is 1. The monoisotopic (exact) mass is 181 g/mol. The predicted octanol–water partition coefficient (Wildman–Crippen LogP) is 1.81. The van der Waals surface area contributed by atoms with Crippen molar-refractivity contribution < 1.29 is 0 Å². The van der Waals surface area contributed by atoms with Crippen LogP contribution < -0.4 is 5.73 Å². The van der Waals surface area contributed by atoms with Gasteiger partial charge in [0.2, 0.25) is 0 Å². The average molecular weight is 182 g/mol. The summed E-state index contributed by atoms with van der Waals surface area (Å²) in [7, 11) is 0. The number of hydrogen-bond donors (Lipinski definition) is 1. The third kappa shape index (κ3) is 1.02. The Bertz CT molecular complexity index is 408. The molecule has 0 aliphatic carbocycles. The highest BCUT2D eigenvalue weighted by Crippen LogP contribution is 2.16. The first-order chi connectivity index (χ1) is 5.81. The molecule has 0 fully saturated rings. The Morgan fingerprint density at radius 3 is 3.08 bits per heavy atom. The van der Waals surface area contributed by atoms with E-state index in [0.29, 0.717) is 6.00 Å². The molecule has 0 aliphatic rings. The van der Waals surface area contributed by atoms with E-state index in [0.717, 1.165) is 16.7 Å². The molecule has 0 aliphatic heterocycles. The highest BCUT2D eigenvalue weighted by atomic mass is 35.5. The molecule has 1 aromatic heterocycles. The van der Waals surface area contributed by atoms with E-state index in [1.54, 1.807) is 6.33 Å². The van der Waals surface area contributed by atoms with Crippen LogP contribution in [0, 0.1) is 0 Å². The number of rotatable bonds is 1. The van der Waals surface area contributed by atoms with E-state index < -0.39 is 0 Å². The van der Waals surface area contributed by atoms with Gasteiger partial charge in [-0.05, 0) is 18.2 Å². The molecular formula is C8H8ClN3. The Balaban J connectivity index is 2.75. The molecule has 0 atom stereocenters. The molecule has 4 heteroatoms. The molecule has 2 aromatic rings. The fourth-order valence-electron chi connectivity index (χ4n) is 1.17.